The van der Waals surface area contributed by atoms with E-state index in [2.05, 4.69) is 31.7 Å². The number of hydrogen-bond donors (Lipinski definition) is 1. The molecule has 0 amide bonds. The van der Waals surface area contributed by atoms with Crippen molar-refractivity contribution in [1.82, 2.24) is 0 Å². The van der Waals surface area contributed by atoms with Gasteiger partial charge < -0.3 is 5.73 Å². The average Bonchev–Trinajstić information content (AvgIpc) is 2.06. The standard InChI is InChI=1S/C10H19NS/c1-8(9(2)11)6-10-4-3-5-12-7-10/h6,9-10H,3-5,7,11H2,1-2H3/b8-6+. The molecular weight excluding hydrogens is 166 g/mol. The van der Waals surface area contributed by atoms with Gasteiger partial charge in [0.25, 0.3) is 0 Å². The predicted octanol–water partition coefficient (Wildman–Crippen LogP) is 2.42. The van der Waals surface area contributed by atoms with Crippen molar-refractivity contribution in [2.24, 2.45) is 11.7 Å². The van der Waals surface area contributed by atoms with Gasteiger partial charge in [0.1, 0.15) is 0 Å². The molecule has 1 fully saturated rings. The molecule has 0 saturated carbocycles. The van der Waals surface area contributed by atoms with E-state index in [9.17, 15) is 0 Å². The molecule has 70 valence electrons. The lowest BCUT2D eigenvalue weighted by Crippen LogP contribution is -2.18. The summed E-state index contributed by atoms with van der Waals surface area (Å²) in [5.74, 6) is 3.43. The first-order chi connectivity index (χ1) is 5.70. The summed E-state index contributed by atoms with van der Waals surface area (Å²) in [5, 5.41) is 0. The quantitative estimate of drug-likeness (QED) is 0.669. The summed E-state index contributed by atoms with van der Waals surface area (Å²) in [6.07, 6.45) is 5.10. The van der Waals surface area contributed by atoms with E-state index in [-0.39, 0.29) is 6.04 Å². The van der Waals surface area contributed by atoms with Crippen LogP contribution in [0.1, 0.15) is 26.7 Å². The lowest BCUT2D eigenvalue weighted by molar-refractivity contribution is 0.621. The monoisotopic (exact) mass is 185 g/mol. The molecule has 0 aromatic carbocycles. The maximum absolute atomic E-state index is 5.78. The maximum atomic E-state index is 5.78. The second kappa shape index (κ2) is 4.93. The number of nitrogens with two attached hydrogens (primary N) is 1. The lowest BCUT2D eigenvalue weighted by atomic mass is 10.00. The van der Waals surface area contributed by atoms with Gasteiger partial charge in [-0.05, 0) is 44.1 Å². The van der Waals surface area contributed by atoms with Crippen LogP contribution in [0.4, 0.5) is 0 Å². The Labute approximate surface area is 79.8 Å². The first kappa shape index (κ1) is 10.1. The Hall–Kier alpha value is 0.0500. The van der Waals surface area contributed by atoms with Crippen LogP contribution < -0.4 is 5.73 Å². The Bertz CT molecular complexity index is 157. The Morgan fingerprint density at radius 1 is 1.67 bits per heavy atom. The molecule has 1 aliphatic heterocycles. The van der Waals surface area contributed by atoms with Gasteiger partial charge in [0.15, 0.2) is 0 Å². The molecule has 2 atom stereocenters. The largest absolute Gasteiger partial charge is 0.324 e. The van der Waals surface area contributed by atoms with E-state index in [1.54, 1.807) is 0 Å². The highest BCUT2D eigenvalue weighted by Gasteiger charge is 2.11. The minimum Gasteiger partial charge on any atom is -0.324 e. The van der Waals surface area contributed by atoms with Gasteiger partial charge in [-0.25, -0.2) is 0 Å². The minimum atomic E-state index is 0.233. The molecule has 12 heavy (non-hydrogen) atoms. The topological polar surface area (TPSA) is 26.0 Å². The third-order valence-corrected chi connectivity index (χ3v) is 3.65. The molecule has 1 saturated heterocycles. The van der Waals surface area contributed by atoms with Crippen LogP contribution in [-0.4, -0.2) is 17.5 Å². The fourth-order valence-electron chi connectivity index (χ4n) is 1.42. The number of allylic oxidation sites excluding steroid dienone is 1. The maximum Gasteiger partial charge on any atom is 0.0222 e. The summed E-state index contributed by atoms with van der Waals surface area (Å²) in [4.78, 5) is 0. The van der Waals surface area contributed by atoms with E-state index in [0.717, 1.165) is 5.92 Å². The van der Waals surface area contributed by atoms with Crippen LogP contribution >= 0.6 is 11.8 Å². The normalized spacial score (nSPS) is 28.6. The van der Waals surface area contributed by atoms with E-state index >= 15 is 0 Å². The van der Waals surface area contributed by atoms with Crippen molar-refractivity contribution in [2.75, 3.05) is 11.5 Å². The van der Waals surface area contributed by atoms with Crippen LogP contribution in [-0.2, 0) is 0 Å². The molecule has 1 aliphatic rings. The minimum absolute atomic E-state index is 0.233. The van der Waals surface area contributed by atoms with Gasteiger partial charge in [-0.3, -0.25) is 0 Å². The molecule has 0 bridgehead atoms. The molecule has 0 spiro atoms. The zero-order valence-electron chi connectivity index (χ0n) is 8.05. The van der Waals surface area contributed by atoms with Crippen LogP contribution in [0.3, 0.4) is 0 Å². The Morgan fingerprint density at radius 2 is 2.42 bits per heavy atom. The zero-order valence-corrected chi connectivity index (χ0v) is 8.86. The summed E-state index contributed by atoms with van der Waals surface area (Å²) in [6.45, 7) is 4.20. The first-order valence-corrected chi connectivity index (χ1v) is 5.87. The van der Waals surface area contributed by atoms with Crippen LogP contribution in [0.15, 0.2) is 11.6 Å². The first-order valence-electron chi connectivity index (χ1n) is 4.72. The van der Waals surface area contributed by atoms with Gasteiger partial charge >= 0.3 is 0 Å². The van der Waals surface area contributed by atoms with Gasteiger partial charge in [-0.2, -0.15) is 11.8 Å². The van der Waals surface area contributed by atoms with Crippen molar-refractivity contribution in [1.29, 1.82) is 0 Å². The summed E-state index contributed by atoms with van der Waals surface area (Å²) in [7, 11) is 0. The molecule has 1 nitrogen and oxygen atoms in total. The van der Waals surface area contributed by atoms with E-state index in [1.807, 2.05) is 0 Å². The van der Waals surface area contributed by atoms with E-state index in [4.69, 9.17) is 5.73 Å². The van der Waals surface area contributed by atoms with Crippen molar-refractivity contribution in [3.8, 4) is 0 Å². The molecule has 0 aliphatic carbocycles. The highest BCUT2D eigenvalue weighted by atomic mass is 32.2. The Morgan fingerprint density at radius 3 is 2.92 bits per heavy atom. The zero-order chi connectivity index (χ0) is 8.97. The van der Waals surface area contributed by atoms with Crippen LogP contribution in [0.5, 0.6) is 0 Å². The molecular formula is C10H19NS. The van der Waals surface area contributed by atoms with Crippen molar-refractivity contribution >= 4 is 11.8 Å². The Kier molecular flexibility index (Phi) is 4.16. The lowest BCUT2D eigenvalue weighted by Gasteiger charge is -2.19. The Balaban J connectivity index is 2.41. The number of thioether (sulfide) groups is 1. The fourth-order valence-corrected chi connectivity index (χ4v) is 2.52. The third-order valence-electron chi connectivity index (χ3n) is 2.41. The highest BCUT2D eigenvalue weighted by Crippen LogP contribution is 2.24. The van der Waals surface area contributed by atoms with Crippen LogP contribution in [0.25, 0.3) is 0 Å². The van der Waals surface area contributed by atoms with Gasteiger partial charge in [-0.1, -0.05) is 11.6 Å². The number of rotatable bonds is 2. The fraction of sp³-hybridized carbons (Fsp3) is 0.800. The molecule has 0 radical (unpaired) electrons. The molecule has 0 aromatic rings. The number of hydrogen-bond acceptors (Lipinski definition) is 2. The van der Waals surface area contributed by atoms with Crippen LogP contribution in [0, 0.1) is 5.92 Å². The van der Waals surface area contributed by atoms with Crippen molar-refractivity contribution in [2.45, 2.75) is 32.7 Å². The SMILES string of the molecule is C/C(=C\C1CCCSC1)C(C)N. The summed E-state index contributed by atoms with van der Waals surface area (Å²) >= 11 is 2.07. The predicted molar refractivity (Wildman–Crippen MR) is 57.5 cm³/mol. The third kappa shape index (κ3) is 3.20. The smallest absolute Gasteiger partial charge is 0.0222 e. The van der Waals surface area contributed by atoms with E-state index < -0.39 is 0 Å². The molecule has 2 N–H and O–H groups in total. The van der Waals surface area contributed by atoms with E-state index in [0.29, 0.717) is 0 Å². The van der Waals surface area contributed by atoms with Crippen molar-refractivity contribution < 1.29 is 0 Å². The van der Waals surface area contributed by atoms with Crippen molar-refractivity contribution in [3.63, 3.8) is 0 Å². The molecule has 1 rings (SSSR count). The summed E-state index contributed by atoms with van der Waals surface area (Å²) < 4.78 is 0. The van der Waals surface area contributed by atoms with Crippen LogP contribution in [0.2, 0.25) is 0 Å². The average molecular weight is 185 g/mol. The van der Waals surface area contributed by atoms with Gasteiger partial charge in [-0.15, -0.1) is 0 Å². The molecule has 1 heterocycles. The summed E-state index contributed by atoms with van der Waals surface area (Å²) in [5.41, 5.74) is 7.13. The molecule has 0 aromatic heterocycles. The van der Waals surface area contributed by atoms with Crippen molar-refractivity contribution in [3.05, 3.63) is 11.6 Å². The van der Waals surface area contributed by atoms with Gasteiger partial charge in [0, 0.05) is 6.04 Å². The second-order valence-electron chi connectivity index (χ2n) is 3.68. The summed E-state index contributed by atoms with van der Waals surface area (Å²) in [6, 6.07) is 0.233. The van der Waals surface area contributed by atoms with Gasteiger partial charge in [0.2, 0.25) is 0 Å². The molecule has 2 unspecified atom stereocenters. The second-order valence-corrected chi connectivity index (χ2v) is 4.83. The highest BCUT2D eigenvalue weighted by molar-refractivity contribution is 7.99. The molecule has 2 heteroatoms. The van der Waals surface area contributed by atoms with Gasteiger partial charge in [0.05, 0.1) is 0 Å². The van der Waals surface area contributed by atoms with E-state index in [1.165, 1.54) is 29.9 Å².